The number of hydrogen-bond acceptors (Lipinski definition) is 2. The average molecular weight is 282 g/mol. The summed E-state index contributed by atoms with van der Waals surface area (Å²) >= 11 is 0. The molecule has 0 spiro atoms. The molecule has 0 aliphatic carbocycles. The van der Waals surface area contributed by atoms with E-state index < -0.39 is 0 Å². The van der Waals surface area contributed by atoms with E-state index in [1.807, 2.05) is 6.08 Å². The molecular formula is C18H34O2. The van der Waals surface area contributed by atoms with Crippen molar-refractivity contribution in [1.29, 1.82) is 0 Å². The van der Waals surface area contributed by atoms with Crippen LogP contribution in [0.5, 0.6) is 0 Å². The maximum Gasteiger partial charge on any atom is 0.305 e. The Hall–Kier alpha value is -0.790. The Morgan fingerprint density at radius 3 is 2.00 bits per heavy atom. The van der Waals surface area contributed by atoms with Crippen LogP contribution in [0.3, 0.4) is 0 Å². The third-order valence-corrected chi connectivity index (χ3v) is 3.55. The smallest absolute Gasteiger partial charge is 0.305 e. The predicted molar refractivity (Wildman–Crippen MR) is 86.9 cm³/mol. The van der Waals surface area contributed by atoms with Crippen molar-refractivity contribution in [1.82, 2.24) is 0 Å². The molecule has 0 radical (unpaired) electrons. The lowest BCUT2D eigenvalue weighted by atomic mass is 10.1. The topological polar surface area (TPSA) is 26.3 Å². The standard InChI is InChI=1S/C18H34O2/c1-3-5-7-8-9-10-11-12-13-14-15-16-18(19)20-17-6-4-2/h3H,1,4-17H2,2H3. The molecule has 0 aromatic heterocycles. The Morgan fingerprint density at radius 2 is 1.45 bits per heavy atom. The molecule has 0 aliphatic rings. The van der Waals surface area contributed by atoms with Gasteiger partial charge in [-0.2, -0.15) is 0 Å². The Morgan fingerprint density at radius 1 is 0.900 bits per heavy atom. The van der Waals surface area contributed by atoms with Crippen LogP contribution in [0.15, 0.2) is 12.7 Å². The fraction of sp³-hybridized carbons (Fsp3) is 0.833. The Bertz CT molecular complexity index is 223. The van der Waals surface area contributed by atoms with Crippen molar-refractivity contribution in [3.05, 3.63) is 12.7 Å². The quantitative estimate of drug-likeness (QED) is 0.215. The van der Waals surface area contributed by atoms with Gasteiger partial charge in [-0.05, 0) is 25.7 Å². The summed E-state index contributed by atoms with van der Waals surface area (Å²) in [5.41, 5.74) is 0. The minimum absolute atomic E-state index is 0.0133. The number of hydrogen-bond donors (Lipinski definition) is 0. The Kier molecular flexibility index (Phi) is 15.6. The maximum atomic E-state index is 11.3. The molecule has 0 aliphatic heterocycles. The van der Waals surface area contributed by atoms with Crippen molar-refractivity contribution >= 4 is 5.97 Å². The van der Waals surface area contributed by atoms with Gasteiger partial charge in [-0.25, -0.2) is 0 Å². The van der Waals surface area contributed by atoms with Crippen LogP contribution in [0.1, 0.15) is 90.4 Å². The zero-order chi connectivity index (χ0) is 14.9. The molecule has 20 heavy (non-hydrogen) atoms. The van der Waals surface area contributed by atoms with E-state index in [1.54, 1.807) is 0 Å². The van der Waals surface area contributed by atoms with Gasteiger partial charge in [-0.3, -0.25) is 4.79 Å². The third kappa shape index (κ3) is 15.3. The second-order valence-electron chi connectivity index (χ2n) is 5.58. The fourth-order valence-corrected chi connectivity index (χ4v) is 2.20. The summed E-state index contributed by atoms with van der Waals surface area (Å²) in [7, 11) is 0. The molecule has 0 fully saturated rings. The van der Waals surface area contributed by atoms with E-state index in [4.69, 9.17) is 4.74 Å². The molecule has 0 atom stereocenters. The first-order chi connectivity index (χ1) is 9.81. The highest BCUT2D eigenvalue weighted by Crippen LogP contribution is 2.11. The molecule has 2 heteroatoms. The predicted octanol–water partition coefficient (Wildman–Crippen LogP) is 5.81. The first-order valence-corrected chi connectivity index (χ1v) is 8.57. The molecule has 0 bridgehead atoms. The summed E-state index contributed by atoms with van der Waals surface area (Å²) in [6.45, 7) is 6.44. The van der Waals surface area contributed by atoms with Crippen LogP contribution in [0, 0.1) is 0 Å². The van der Waals surface area contributed by atoms with Crippen LogP contribution in [0.25, 0.3) is 0 Å². The van der Waals surface area contributed by atoms with E-state index in [9.17, 15) is 4.79 Å². The fourth-order valence-electron chi connectivity index (χ4n) is 2.20. The minimum Gasteiger partial charge on any atom is -0.466 e. The zero-order valence-corrected chi connectivity index (χ0v) is 13.5. The van der Waals surface area contributed by atoms with E-state index in [0.29, 0.717) is 13.0 Å². The van der Waals surface area contributed by atoms with Gasteiger partial charge in [0.05, 0.1) is 6.61 Å². The molecule has 2 nitrogen and oxygen atoms in total. The SMILES string of the molecule is C=CCCCCCCCCCCCC(=O)OCCCC. The van der Waals surface area contributed by atoms with Gasteiger partial charge >= 0.3 is 5.97 Å². The van der Waals surface area contributed by atoms with E-state index in [1.165, 1.54) is 51.4 Å². The summed E-state index contributed by atoms with van der Waals surface area (Å²) in [6.07, 6.45) is 17.3. The van der Waals surface area contributed by atoms with Gasteiger partial charge in [0.25, 0.3) is 0 Å². The van der Waals surface area contributed by atoms with Crippen molar-refractivity contribution in [3.63, 3.8) is 0 Å². The molecule has 0 saturated heterocycles. The van der Waals surface area contributed by atoms with E-state index in [2.05, 4.69) is 13.5 Å². The number of rotatable bonds is 15. The lowest BCUT2D eigenvalue weighted by molar-refractivity contribution is -0.143. The van der Waals surface area contributed by atoms with Crippen LogP contribution >= 0.6 is 0 Å². The van der Waals surface area contributed by atoms with Gasteiger partial charge in [-0.15, -0.1) is 6.58 Å². The maximum absolute atomic E-state index is 11.3. The molecule has 0 amide bonds. The minimum atomic E-state index is -0.0133. The summed E-state index contributed by atoms with van der Waals surface area (Å²) < 4.78 is 5.13. The Balaban J connectivity index is 3.08. The van der Waals surface area contributed by atoms with Crippen LogP contribution < -0.4 is 0 Å². The number of carbonyl (C=O) groups excluding carboxylic acids is 1. The first-order valence-electron chi connectivity index (χ1n) is 8.57. The first kappa shape index (κ1) is 19.2. The van der Waals surface area contributed by atoms with Crippen molar-refractivity contribution in [2.45, 2.75) is 90.4 Å². The number of allylic oxidation sites excluding steroid dienone is 1. The highest BCUT2D eigenvalue weighted by molar-refractivity contribution is 5.69. The molecular weight excluding hydrogens is 248 g/mol. The number of unbranched alkanes of at least 4 members (excludes halogenated alkanes) is 10. The average Bonchev–Trinajstić information content (AvgIpc) is 2.45. The Labute approximate surface area is 126 Å². The van der Waals surface area contributed by atoms with Gasteiger partial charge in [0.2, 0.25) is 0 Å². The van der Waals surface area contributed by atoms with Gasteiger partial charge in [0.1, 0.15) is 0 Å². The summed E-state index contributed by atoms with van der Waals surface area (Å²) in [4.78, 5) is 11.3. The van der Waals surface area contributed by atoms with Gasteiger partial charge in [0.15, 0.2) is 0 Å². The molecule has 118 valence electrons. The van der Waals surface area contributed by atoms with Crippen molar-refractivity contribution in [3.8, 4) is 0 Å². The highest BCUT2D eigenvalue weighted by atomic mass is 16.5. The van der Waals surface area contributed by atoms with Gasteiger partial charge in [0, 0.05) is 6.42 Å². The van der Waals surface area contributed by atoms with Gasteiger partial charge in [-0.1, -0.05) is 64.4 Å². The van der Waals surface area contributed by atoms with Crippen LogP contribution in [0.2, 0.25) is 0 Å². The van der Waals surface area contributed by atoms with E-state index in [-0.39, 0.29) is 5.97 Å². The van der Waals surface area contributed by atoms with Crippen molar-refractivity contribution in [2.75, 3.05) is 6.61 Å². The monoisotopic (exact) mass is 282 g/mol. The van der Waals surface area contributed by atoms with Gasteiger partial charge < -0.3 is 4.74 Å². The number of carbonyl (C=O) groups is 1. The van der Waals surface area contributed by atoms with Crippen LogP contribution in [0.4, 0.5) is 0 Å². The van der Waals surface area contributed by atoms with E-state index in [0.717, 1.165) is 25.7 Å². The lowest BCUT2D eigenvalue weighted by Gasteiger charge is -2.04. The van der Waals surface area contributed by atoms with Crippen LogP contribution in [-0.2, 0) is 9.53 Å². The largest absolute Gasteiger partial charge is 0.466 e. The van der Waals surface area contributed by atoms with Crippen LogP contribution in [-0.4, -0.2) is 12.6 Å². The zero-order valence-electron chi connectivity index (χ0n) is 13.5. The van der Waals surface area contributed by atoms with Crippen molar-refractivity contribution in [2.24, 2.45) is 0 Å². The molecule has 0 heterocycles. The molecule has 0 saturated carbocycles. The normalized spacial score (nSPS) is 10.4. The summed E-state index contributed by atoms with van der Waals surface area (Å²) in [5.74, 6) is -0.0133. The van der Waals surface area contributed by atoms with E-state index >= 15 is 0 Å². The molecule has 0 unspecified atom stereocenters. The summed E-state index contributed by atoms with van der Waals surface area (Å²) in [5, 5.41) is 0. The number of ether oxygens (including phenoxy) is 1. The second kappa shape index (κ2) is 16.3. The highest BCUT2D eigenvalue weighted by Gasteiger charge is 2.01. The molecule has 0 aromatic rings. The summed E-state index contributed by atoms with van der Waals surface area (Å²) in [6, 6.07) is 0. The second-order valence-corrected chi connectivity index (χ2v) is 5.58. The molecule has 0 N–H and O–H groups in total. The lowest BCUT2D eigenvalue weighted by Crippen LogP contribution is -2.05. The number of esters is 1. The van der Waals surface area contributed by atoms with Crippen molar-refractivity contribution < 1.29 is 9.53 Å². The molecule has 0 aromatic carbocycles. The molecule has 0 rings (SSSR count). The third-order valence-electron chi connectivity index (χ3n) is 3.55.